The van der Waals surface area contributed by atoms with Crippen LogP contribution >= 0.6 is 0 Å². The number of morpholine rings is 1. The maximum Gasteiger partial charge on any atom is 0.242 e. The van der Waals surface area contributed by atoms with E-state index in [0.717, 1.165) is 0 Å². The van der Waals surface area contributed by atoms with Crippen molar-refractivity contribution in [2.75, 3.05) is 32.8 Å². The van der Waals surface area contributed by atoms with E-state index < -0.39 is 12.1 Å². The number of hydrogen-bond donors (Lipinski definition) is 2. The van der Waals surface area contributed by atoms with Gasteiger partial charge in [0.15, 0.2) is 0 Å². The molecule has 1 aromatic heterocycles. The maximum absolute atomic E-state index is 13.6. The van der Waals surface area contributed by atoms with Crippen molar-refractivity contribution in [2.24, 2.45) is 0 Å². The smallest absolute Gasteiger partial charge is 0.242 e. The summed E-state index contributed by atoms with van der Waals surface area (Å²) in [5.41, 5.74) is 0.576. The summed E-state index contributed by atoms with van der Waals surface area (Å²) in [7, 11) is 0. The minimum atomic E-state index is -0.934. The molecule has 0 saturated carbocycles. The van der Waals surface area contributed by atoms with E-state index in [4.69, 9.17) is 9.15 Å². The molecule has 1 aliphatic rings. The fourth-order valence-corrected chi connectivity index (χ4v) is 2.92. The van der Waals surface area contributed by atoms with Crippen molar-refractivity contribution in [1.82, 2.24) is 10.2 Å². The van der Waals surface area contributed by atoms with Crippen molar-refractivity contribution >= 4 is 5.91 Å². The predicted molar refractivity (Wildman–Crippen MR) is 88.2 cm³/mol. The zero-order valence-corrected chi connectivity index (χ0v) is 13.7. The molecule has 0 aliphatic carbocycles. The Morgan fingerprint density at radius 1 is 1.28 bits per heavy atom. The molecule has 1 saturated heterocycles. The van der Waals surface area contributed by atoms with Gasteiger partial charge in [0, 0.05) is 13.1 Å². The van der Waals surface area contributed by atoms with Crippen LogP contribution < -0.4 is 5.32 Å². The summed E-state index contributed by atoms with van der Waals surface area (Å²) in [4.78, 5) is 14.7. The van der Waals surface area contributed by atoms with Crippen LogP contribution in [0.1, 0.15) is 23.5 Å². The molecule has 2 N–H and O–H groups in total. The van der Waals surface area contributed by atoms with E-state index in [-0.39, 0.29) is 18.3 Å². The molecule has 6 nitrogen and oxygen atoms in total. The van der Waals surface area contributed by atoms with E-state index in [0.29, 0.717) is 37.6 Å². The molecule has 1 aliphatic heterocycles. The molecule has 0 radical (unpaired) electrons. The van der Waals surface area contributed by atoms with Gasteiger partial charge in [-0.15, -0.1) is 0 Å². The van der Waals surface area contributed by atoms with Gasteiger partial charge in [0.2, 0.25) is 5.91 Å². The number of aliphatic hydroxyl groups is 1. The summed E-state index contributed by atoms with van der Waals surface area (Å²) < 4.78 is 24.1. The van der Waals surface area contributed by atoms with E-state index in [1.807, 2.05) is 4.90 Å². The van der Waals surface area contributed by atoms with Gasteiger partial charge in [0.25, 0.3) is 0 Å². The van der Waals surface area contributed by atoms with Crippen molar-refractivity contribution in [3.8, 4) is 0 Å². The van der Waals surface area contributed by atoms with Crippen molar-refractivity contribution in [3.63, 3.8) is 0 Å². The fourth-order valence-electron chi connectivity index (χ4n) is 2.92. The summed E-state index contributed by atoms with van der Waals surface area (Å²) in [5.74, 6) is -0.300. The van der Waals surface area contributed by atoms with Gasteiger partial charge in [-0.3, -0.25) is 9.69 Å². The highest BCUT2D eigenvalue weighted by Crippen LogP contribution is 2.23. The van der Waals surface area contributed by atoms with Crippen LogP contribution in [0.15, 0.2) is 47.1 Å². The number of carbonyl (C=O) groups excluding carboxylic acids is 1. The Bertz CT molecular complexity index is 686. The lowest BCUT2D eigenvalue weighted by molar-refractivity contribution is -0.129. The molecule has 0 bridgehead atoms. The van der Waals surface area contributed by atoms with Crippen molar-refractivity contribution in [2.45, 2.75) is 12.1 Å². The minimum Gasteiger partial charge on any atom is -0.467 e. The number of halogens is 1. The van der Waals surface area contributed by atoms with Crippen LogP contribution in [0.2, 0.25) is 0 Å². The number of benzene rings is 1. The number of ether oxygens (including phenoxy) is 1. The van der Waals surface area contributed by atoms with E-state index >= 15 is 0 Å². The molecule has 1 fully saturated rings. The molecule has 1 aromatic carbocycles. The number of aliphatic hydroxyl groups excluding tert-OH is 1. The van der Waals surface area contributed by atoms with Crippen molar-refractivity contribution < 1.29 is 23.4 Å². The third-order valence-electron chi connectivity index (χ3n) is 4.16. The highest BCUT2D eigenvalue weighted by molar-refractivity contribution is 5.83. The molecule has 25 heavy (non-hydrogen) atoms. The number of hydrogen-bond acceptors (Lipinski definition) is 5. The van der Waals surface area contributed by atoms with Gasteiger partial charge in [-0.2, -0.15) is 0 Å². The summed E-state index contributed by atoms with van der Waals surface area (Å²) >= 11 is 0. The number of amides is 1. The molecular formula is C18H21FN2O4. The quantitative estimate of drug-likeness (QED) is 0.830. The van der Waals surface area contributed by atoms with Crippen LogP contribution in [0.25, 0.3) is 0 Å². The monoisotopic (exact) mass is 348 g/mol. The standard InChI is InChI=1S/C18H21FN2O4/c19-14-4-1-3-13(11-14)17(21-6-9-24-10-7-21)18(23)20-12-15(22)16-5-2-8-25-16/h1-5,8,11,15,17,22H,6-7,9-10,12H2,(H,20,23)/t15-,17-/m0/s1. The largest absolute Gasteiger partial charge is 0.467 e. The predicted octanol–water partition coefficient (Wildman–Crippen LogP) is 1.64. The highest BCUT2D eigenvalue weighted by Gasteiger charge is 2.29. The Kier molecular flexibility index (Phi) is 5.80. The summed E-state index contributed by atoms with van der Waals surface area (Å²) in [6, 6.07) is 8.70. The second kappa shape index (κ2) is 8.24. The van der Waals surface area contributed by atoms with E-state index in [1.54, 1.807) is 24.3 Å². The Hall–Kier alpha value is -2.22. The summed E-state index contributed by atoms with van der Waals surface area (Å²) in [5, 5.41) is 12.8. The van der Waals surface area contributed by atoms with Gasteiger partial charge in [-0.05, 0) is 29.8 Å². The molecular weight excluding hydrogens is 327 g/mol. The molecule has 0 unspecified atom stereocenters. The lowest BCUT2D eigenvalue weighted by Crippen LogP contribution is -2.46. The van der Waals surface area contributed by atoms with Crippen LogP contribution in [-0.4, -0.2) is 48.8 Å². The minimum absolute atomic E-state index is 0.0164. The fraction of sp³-hybridized carbons (Fsp3) is 0.389. The van der Waals surface area contributed by atoms with Gasteiger partial charge in [0.1, 0.15) is 23.7 Å². The van der Waals surface area contributed by atoms with Gasteiger partial charge in [-0.1, -0.05) is 12.1 Å². The zero-order valence-electron chi connectivity index (χ0n) is 13.7. The van der Waals surface area contributed by atoms with Crippen LogP contribution in [0.5, 0.6) is 0 Å². The number of carbonyl (C=O) groups is 1. The Morgan fingerprint density at radius 3 is 2.76 bits per heavy atom. The molecule has 0 spiro atoms. The molecule has 3 rings (SSSR count). The molecule has 2 heterocycles. The number of rotatable bonds is 6. The molecule has 7 heteroatoms. The van der Waals surface area contributed by atoms with Crippen LogP contribution in [0, 0.1) is 5.82 Å². The number of nitrogens with one attached hydrogen (secondary N) is 1. The first-order valence-corrected chi connectivity index (χ1v) is 8.21. The van der Waals surface area contributed by atoms with Gasteiger partial charge in [-0.25, -0.2) is 4.39 Å². The van der Waals surface area contributed by atoms with Crippen LogP contribution in [0.4, 0.5) is 4.39 Å². The van der Waals surface area contributed by atoms with E-state index in [9.17, 15) is 14.3 Å². The van der Waals surface area contributed by atoms with Crippen LogP contribution in [0.3, 0.4) is 0 Å². The number of furan rings is 1. The lowest BCUT2D eigenvalue weighted by atomic mass is 10.0. The maximum atomic E-state index is 13.6. The molecule has 2 atom stereocenters. The third kappa shape index (κ3) is 4.45. The summed E-state index contributed by atoms with van der Waals surface area (Å²) in [6.07, 6.45) is 0.528. The second-order valence-corrected chi connectivity index (χ2v) is 5.88. The van der Waals surface area contributed by atoms with Gasteiger partial charge >= 0.3 is 0 Å². The average Bonchev–Trinajstić information content (AvgIpc) is 3.16. The first kappa shape index (κ1) is 17.6. The van der Waals surface area contributed by atoms with Gasteiger partial charge in [0.05, 0.1) is 26.0 Å². The normalized spacial score (nSPS) is 17.8. The van der Waals surface area contributed by atoms with E-state index in [1.165, 1.54) is 18.4 Å². The number of nitrogens with zero attached hydrogens (tertiary/aromatic N) is 1. The average molecular weight is 348 g/mol. The van der Waals surface area contributed by atoms with Gasteiger partial charge < -0.3 is 19.6 Å². The van der Waals surface area contributed by atoms with Crippen molar-refractivity contribution in [3.05, 3.63) is 59.8 Å². The van der Waals surface area contributed by atoms with E-state index in [2.05, 4.69) is 5.32 Å². The Balaban J connectivity index is 1.72. The zero-order chi connectivity index (χ0) is 17.6. The Labute approximate surface area is 145 Å². The molecule has 2 aromatic rings. The first-order chi connectivity index (χ1) is 12.1. The SMILES string of the molecule is O=C(NC[C@H](O)c1ccco1)[C@H](c1cccc(F)c1)N1CCOCC1. The summed E-state index contributed by atoms with van der Waals surface area (Å²) in [6.45, 7) is 2.22. The highest BCUT2D eigenvalue weighted by atomic mass is 19.1. The topological polar surface area (TPSA) is 74.9 Å². The Morgan fingerprint density at radius 2 is 2.08 bits per heavy atom. The first-order valence-electron chi connectivity index (χ1n) is 8.21. The third-order valence-corrected chi connectivity index (χ3v) is 4.16. The van der Waals surface area contributed by atoms with Crippen molar-refractivity contribution in [1.29, 1.82) is 0 Å². The van der Waals surface area contributed by atoms with Crippen LogP contribution in [-0.2, 0) is 9.53 Å². The molecule has 134 valence electrons. The molecule has 1 amide bonds. The lowest BCUT2D eigenvalue weighted by Gasteiger charge is -2.34. The second-order valence-electron chi connectivity index (χ2n) is 5.88.